The van der Waals surface area contributed by atoms with Crippen LogP contribution in [0.2, 0.25) is 0 Å². The van der Waals surface area contributed by atoms with Crippen LogP contribution in [-0.2, 0) is 16.1 Å². The number of nitrogens with one attached hydrogen (secondary N) is 1. The van der Waals surface area contributed by atoms with Gasteiger partial charge in [0, 0.05) is 24.3 Å². The van der Waals surface area contributed by atoms with E-state index in [4.69, 9.17) is 4.74 Å². The minimum absolute atomic E-state index is 0.107. The average Bonchev–Trinajstić information content (AvgIpc) is 3.20. The van der Waals surface area contributed by atoms with Crippen LogP contribution in [0.5, 0.6) is 0 Å². The second kappa shape index (κ2) is 9.93. The smallest absolute Gasteiger partial charge is 0.237 e. The third kappa shape index (κ3) is 4.81. The highest BCUT2D eigenvalue weighted by Crippen LogP contribution is 2.29. The molecule has 0 fully saturated rings. The SMILES string of the molecule is COCCn1c(SC(C)C(=O)Nc2cccc3ncccc23)nnc1-c1cccc(C)c1. The van der Waals surface area contributed by atoms with Gasteiger partial charge in [-0.25, -0.2) is 0 Å². The number of aryl methyl sites for hydroxylation is 1. The molecule has 0 aliphatic heterocycles. The quantitative estimate of drug-likeness (QED) is 0.399. The fraction of sp³-hybridized carbons (Fsp3) is 0.250. The molecule has 7 nitrogen and oxygen atoms in total. The first kappa shape index (κ1) is 22.0. The molecule has 0 bridgehead atoms. The average molecular weight is 448 g/mol. The molecule has 4 rings (SSSR count). The summed E-state index contributed by atoms with van der Waals surface area (Å²) in [5, 5.41) is 13.0. The van der Waals surface area contributed by atoms with Crippen LogP contribution in [0.15, 0.2) is 66.0 Å². The summed E-state index contributed by atoms with van der Waals surface area (Å²) in [4.78, 5) is 17.3. The number of carbonyl (C=O) groups is 1. The summed E-state index contributed by atoms with van der Waals surface area (Å²) in [6.45, 7) is 5.03. The maximum atomic E-state index is 13.0. The Morgan fingerprint density at radius 1 is 1.16 bits per heavy atom. The molecule has 1 amide bonds. The van der Waals surface area contributed by atoms with Crippen LogP contribution in [0.1, 0.15) is 12.5 Å². The van der Waals surface area contributed by atoms with Crippen LogP contribution in [-0.4, -0.2) is 44.6 Å². The molecule has 0 aliphatic carbocycles. The predicted molar refractivity (Wildman–Crippen MR) is 128 cm³/mol. The minimum Gasteiger partial charge on any atom is -0.383 e. The first-order valence-electron chi connectivity index (χ1n) is 10.4. The van der Waals surface area contributed by atoms with Crippen LogP contribution in [0, 0.1) is 6.92 Å². The summed E-state index contributed by atoms with van der Waals surface area (Å²) >= 11 is 1.38. The van der Waals surface area contributed by atoms with Crippen LogP contribution in [0.25, 0.3) is 22.3 Å². The van der Waals surface area contributed by atoms with E-state index in [1.54, 1.807) is 13.3 Å². The number of pyridine rings is 1. The zero-order valence-corrected chi connectivity index (χ0v) is 19.1. The van der Waals surface area contributed by atoms with Gasteiger partial charge in [-0.05, 0) is 44.2 Å². The first-order valence-corrected chi connectivity index (χ1v) is 11.2. The molecular formula is C24H25N5O2S. The molecule has 0 saturated carbocycles. The van der Waals surface area contributed by atoms with Gasteiger partial charge < -0.3 is 10.1 Å². The number of carbonyl (C=O) groups excluding carboxylic acids is 1. The Morgan fingerprint density at radius 3 is 2.81 bits per heavy atom. The number of ether oxygens (including phenoxy) is 1. The lowest BCUT2D eigenvalue weighted by atomic mass is 10.1. The Hall–Kier alpha value is -3.23. The summed E-state index contributed by atoms with van der Waals surface area (Å²) in [6, 6.07) is 17.6. The molecule has 164 valence electrons. The van der Waals surface area contributed by atoms with Crippen molar-refractivity contribution in [1.29, 1.82) is 0 Å². The van der Waals surface area contributed by atoms with E-state index in [0.717, 1.165) is 33.5 Å². The van der Waals surface area contributed by atoms with E-state index in [2.05, 4.69) is 26.6 Å². The molecule has 0 aliphatic rings. The van der Waals surface area contributed by atoms with E-state index in [9.17, 15) is 4.79 Å². The van der Waals surface area contributed by atoms with Crippen molar-refractivity contribution in [3.05, 3.63) is 66.4 Å². The number of amides is 1. The van der Waals surface area contributed by atoms with E-state index in [1.807, 2.05) is 66.9 Å². The maximum Gasteiger partial charge on any atom is 0.237 e. The molecule has 2 aromatic heterocycles. The van der Waals surface area contributed by atoms with Crippen molar-refractivity contribution < 1.29 is 9.53 Å². The molecule has 1 N–H and O–H groups in total. The fourth-order valence-corrected chi connectivity index (χ4v) is 4.29. The van der Waals surface area contributed by atoms with Crippen molar-refractivity contribution in [3.8, 4) is 11.4 Å². The molecule has 0 spiro atoms. The van der Waals surface area contributed by atoms with Crippen molar-refractivity contribution in [2.45, 2.75) is 30.8 Å². The number of thioether (sulfide) groups is 1. The van der Waals surface area contributed by atoms with Crippen LogP contribution < -0.4 is 5.32 Å². The standard InChI is InChI=1S/C24H25N5O2S/c1-16-7-4-8-18(15-16)22-27-28-24(29(22)13-14-31-3)32-17(2)23(30)26-21-11-5-10-20-19(21)9-6-12-25-20/h4-12,15,17H,13-14H2,1-3H3,(H,26,30). The van der Waals surface area contributed by atoms with Crippen molar-refractivity contribution in [3.63, 3.8) is 0 Å². The van der Waals surface area contributed by atoms with Gasteiger partial charge in [0.1, 0.15) is 0 Å². The fourth-order valence-electron chi connectivity index (χ4n) is 3.42. The largest absolute Gasteiger partial charge is 0.383 e. The lowest BCUT2D eigenvalue weighted by molar-refractivity contribution is -0.115. The zero-order chi connectivity index (χ0) is 22.5. The predicted octanol–water partition coefficient (Wildman–Crippen LogP) is 4.57. The molecule has 1 unspecified atom stereocenters. The van der Waals surface area contributed by atoms with Crippen LogP contribution >= 0.6 is 11.8 Å². The van der Waals surface area contributed by atoms with E-state index >= 15 is 0 Å². The summed E-state index contributed by atoms with van der Waals surface area (Å²) < 4.78 is 7.29. The molecule has 8 heteroatoms. The summed E-state index contributed by atoms with van der Waals surface area (Å²) in [7, 11) is 1.67. The zero-order valence-electron chi connectivity index (χ0n) is 18.3. The van der Waals surface area contributed by atoms with Crippen molar-refractivity contribution in [1.82, 2.24) is 19.7 Å². The maximum absolute atomic E-state index is 13.0. The second-order valence-corrected chi connectivity index (χ2v) is 8.75. The molecule has 1 atom stereocenters. The Labute approximate surface area is 191 Å². The monoisotopic (exact) mass is 447 g/mol. The highest BCUT2D eigenvalue weighted by molar-refractivity contribution is 8.00. The second-order valence-electron chi connectivity index (χ2n) is 7.45. The molecule has 32 heavy (non-hydrogen) atoms. The van der Waals surface area contributed by atoms with Gasteiger partial charge in [-0.2, -0.15) is 0 Å². The van der Waals surface area contributed by atoms with E-state index in [-0.39, 0.29) is 11.2 Å². The third-order valence-electron chi connectivity index (χ3n) is 5.07. The Morgan fingerprint density at radius 2 is 2.00 bits per heavy atom. The molecule has 4 aromatic rings. The molecular weight excluding hydrogens is 422 g/mol. The topological polar surface area (TPSA) is 81.9 Å². The van der Waals surface area contributed by atoms with Gasteiger partial charge in [-0.3, -0.25) is 14.3 Å². The summed E-state index contributed by atoms with van der Waals surface area (Å²) in [5.74, 6) is 0.658. The minimum atomic E-state index is -0.377. The van der Waals surface area contributed by atoms with Gasteiger partial charge in [-0.15, -0.1) is 10.2 Å². The van der Waals surface area contributed by atoms with E-state index < -0.39 is 0 Å². The number of nitrogens with zero attached hydrogens (tertiary/aromatic N) is 4. The van der Waals surface area contributed by atoms with Crippen LogP contribution in [0.3, 0.4) is 0 Å². The Bertz CT molecular complexity index is 1230. The number of aromatic nitrogens is 4. The van der Waals surface area contributed by atoms with Gasteiger partial charge in [-0.1, -0.05) is 41.6 Å². The number of fused-ring (bicyclic) bond motifs is 1. The summed E-state index contributed by atoms with van der Waals surface area (Å²) in [6.07, 6.45) is 1.74. The third-order valence-corrected chi connectivity index (χ3v) is 6.15. The van der Waals surface area contributed by atoms with Gasteiger partial charge >= 0.3 is 0 Å². The van der Waals surface area contributed by atoms with Crippen molar-refractivity contribution in [2.75, 3.05) is 19.0 Å². The highest BCUT2D eigenvalue weighted by Gasteiger charge is 2.21. The number of hydrogen-bond acceptors (Lipinski definition) is 6. The van der Waals surface area contributed by atoms with Gasteiger partial charge in [0.05, 0.1) is 29.6 Å². The van der Waals surface area contributed by atoms with E-state index in [1.165, 1.54) is 11.8 Å². The van der Waals surface area contributed by atoms with Gasteiger partial charge in [0.15, 0.2) is 11.0 Å². The number of methoxy groups -OCH3 is 1. The lowest BCUT2D eigenvalue weighted by Gasteiger charge is -2.14. The number of rotatable bonds is 8. The van der Waals surface area contributed by atoms with Crippen molar-refractivity contribution in [2.24, 2.45) is 0 Å². The number of benzene rings is 2. The molecule has 2 heterocycles. The summed E-state index contributed by atoms with van der Waals surface area (Å²) in [5.41, 5.74) is 3.72. The lowest BCUT2D eigenvalue weighted by Crippen LogP contribution is -2.23. The normalized spacial score (nSPS) is 12.1. The molecule has 0 saturated heterocycles. The van der Waals surface area contributed by atoms with Crippen molar-refractivity contribution >= 4 is 34.3 Å². The molecule has 0 radical (unpaired) electrons. The van der Waals surface area contributed by atoms with Gasteiger partial charge in [0.25, 0.3) is 0 Å². The van der Waals surface area contributed by atoms with E-state index in [0.29, 0.717) is 18.3 Å². The number of anilines is 1. The Balaban J connectivity index is 1.55. The Kier molecular flexibility index (Phi) is 6.82. The number of hydrogen-bond donors (Lipinski definition) is 1. The highest BCUT2D eigenvalue weighted by atomic mass is 32.2. The first-order chi connectivity index (χ1) is 15.6. The van der Waals surface area contributed by atoms with Crippen LogP contribution in [0.4, 0.5) is 5.69 Å². The van der Waals surface area contributed by atoms with Gasteiger partial charge in [0.2, 0.25) is 5.91 Å². The molecule has 2 aromatic carbocycles.